The lowest BCUT2D eigenvalue weighted by Gasteiger charge is -2.42. The molecule has 0 saturated carbocycles. The van der Waals surface area contributed by atoms with Crippen molar-refractivity contribution >= 4 is 27.5 Å². The highest BCUT2D eigenvalue weighted by atomic mass is 32.2. The van der Waals surface area contributed by atoms with Gasteiger partial charge in [0.2, 0.25) is 0 Å². The van der Waals surface area contributed by atoms with Gasteiger partial charge in [-0.1, -0.05) is 58.4 Å². The molecule has 0 radical (unpaired) electrons. The molecule has 0 aliphatic carbocycles. The van der Waals surface area contributed by atoms with Crippen LogP contribution in [0.3, 0.4) is 0 Å². The van der Waals surface area contributed by atoms with E-state index in [1.54, 1.807) is 36.4 Å². The van der Waals surface area contributed by atoms with Gasteiger partial charge in [0.1, 0.15) is 23.9 Å². The van der Waals surface area contributed by atoms with E-state index < -0.39 is 45.3 Å². The summed E-state index contributed by atoms with van der Waals surface area (Å²) in [7, 11) is -4.07. The van der Waals surface area contributed by atoms with Crippen molar-refractivity contribution in [3.63, 3.8) is 0 Å². The van der Waals surface area contributed by atoms with Gasteiger partial charge in [-0.15, -0.1) is 0 Å². The van der Waals surface area contributed by atoms with E-state index in [2.05, 4.69) is 9.71 Å². The maximum atomic E-state index is 14.2. The SMILES string of the molecule is CCC[C@@H]1OC(=O)C(C(c2cccc(NS(=O)(=O)c3ccc(C#N)cn3)c2)C(C)(C)C)C(=O)[C@H]1CCc1ccc(F)cc1. The fourth-order valence-corrected chi connectivity index (χ4v) is 6.76. The van der Waals surface area contributed by atoms with Crippen LogP contribution >= 0.6 is 0 Å². The van der Waals surface area contributed by atoms with Crippen molar-refractivity contribution in [3.05, 3.63) is 89.4 Å². The van der Waals surface area contributed by atoms with E-state index in [9.17, 15) is 22.4 Å². The van der Waals surface area contributed by atoms with E-state index in [-0.39, 0.29) is 27.9 Å². The molecule has 3 aromatic rings. The number of nitrogens with zero attached hydrogens (tertiary/aromatic N) is 2. The van der Waals surface area contributed by atoms with Crippen molar-refractivity contribution in [1.29, 1.82) is 5.26 Å². The largest absolute Gasteiger partial charge is 0.461 e. The number of carbonyl (C=O) groups excluding carboxylic acids is 2. The fraction of sp³-hybridized carbons (Fsp3) is 0.394. The number of pyridine rings is 1. The minimum absolute atomic E-state index is 0.190. The van der Waals surface area contributed by atoms with Crippen LogP contribution in [0.2, 0.25) is 0 Å². The number of sulfonamides is 1. The molecular formula is C33H36FN3O5S. The number of nitrogens with one attached hydrogen (secondary N) is 1. The number of halogens is 1. The van der Waals surface area contributed by atoms with Crippen LogP contribution in [0.25, 0.3) is 0 Å². The first-order valence-electron chi connectivity index (χ1n) is 14.3. The van der Waals surface area contributed by atoms with E-state index in [1.807, 2.05) is 33.8 Å². The molecule has 43 heavy (non-hydrogen) atoms. The molecule has 0 spiro atoms. The van der Waals surface area contributed by atoms with Gasteiger partial charge < -0.3 is 4.74 Å². The number of ether oxygens (including phenoxy) is 1. The number of rotatable bonds is 10. The normalized spacial score (nSPS) is 19.8. The van der Waals surface area contributed by atoms with Crippen LogP contribution in [0.1, 0.15) is 69.6 Å². The van der Waals surface area contributed by atoms with Crippen LogP contribution in [-0.2, 0) is 30.8 Å². The van der Waals surface area contributed by atoms with Crippen molar-refractivity contribution in [2.45, 2.75) is 70.4 Å². The van der Waals surface area contributed by atoms with Gasteiger partial charge in [-0.25, -0.2) is 9.37 Å². The summed E-state index contributed by atoms with van der Waals surface area (Å²) in [6.07, 6.45) is 2.91. The van der Waals surface area contributed by atoms with E-state index in [4.69, 9.17) is 10.00 Å². The Balaban J connectivity index is 1.65. The van der Waals surface area contributed by atoms with Gasteiger partial charge in [0.15, 0.2) is 10.8 Å². The molecule has 4 rings (SSSR count). The van der Waals surface area contributed by atoms with Crippen LogP contribution in [0.15, 0.2) is 71.9 Å². The smallest absolute Gasteiger partial charge is 0.317 e. The topological polar surface area (TPSA) is 126 Å². The molecule has 226 valence electrons. The van der Waals surface area contributed by atoms with E-state index in [1.165, 1.54) is 30.5 Å². The highest BCUT2D eigenvalue weighted by molar-refractivity contribution is 7.92. The molecule has 2 unspecified atom stereocenters. The number of ketones is 1. The Labute approximate surface area is 252 Å². The summed E-state index contributed by atoms with van der Waals surface area (Å²) in [5.74, 6) is -3.32. The molecule has 1 aliphatic heterocycles. The van der Waals surface area contributed by atoms with Crippen molar-refractivity contribution in [2.24, 2.45) is 17.3 Å². The number of hydrogen-bond acceptors (Lipinski definition) is 7. The lowest BCUT2D eigenvalue weighted by molar-refractivity contribution is -0.174. The summed E-state index contributed by atoms with van der Waals surface area (Å²) in [5, 5.41) is 8.74. The standard InChI is InChI=1S/C33H36FN3O5S/c1-5-7-27-26(16-12-21-10-14-24(34)15-11-21)31(38)29(32(39)42-27)30(33(2,3)4)23-8-6-9-25(18-23)37-43(40,41)28-17-13-22(19-35)20-36-28/h6,8-11,13-15,17-18,20,26-27,29-30,37H,5,7,12,16H2,1-4H3/t26-,27-,29?,30?/m0/s1. The zero-order valence-corrected chi connectivity index (χ0v) is 25.5. The van der Waals surface area contributed by atoms with Gasteiger partial charge in [0.05, 0.1) is 11.5 Å². The Kier molecular flexibility index (Phi) is 9.65. The third-order valence-electron chi connectivity index (χ3n) is 7.78. The quantitative estimate of drug-likeness (QED) is 0.216. The van der Waals surface area contributed by atoms with Crippen molar-refractivity contribution in [3.8, 4) is 6.07 Å². The van der Waals surface area contributed by atoms with Crippen molar-refractivity contribution < 1.29 is 27.1 Å². The molecule has 2 aromatic carbocycles. The molecule has 1 aliphatic rings. The molecule has 8 nitrogen and oxygen atoms in total. The number of anilines is 1. The Morgan fingerprint density at radius 1 is 1.07 bits per heavy atom. The van der Waals surface area contributed by atoms with E-state index in [0.29, 0.717) is 24.8 Å². The zero-order valence-electron chi connectivity index (χ0n) is 24.7. The van der Waals surface area contributed by atoms with Crippen LogP contribution in [0.4, 0.5) is 10.1 Å². The summed E-state index contributed by atoms with van der Waals surface area (Å²) < 4.78 is 48.0. The number of carbonyl (C=O) groups is 2. The van der Waals surface area contributed by atoms with Crippen LogP contribution in [0, 0.1) is 34.4 Å². The number of aryl methyl sites for hydroxylation is 1. The third kappa shape index (κ3) is 7.46. The minimum Gasteiger partial charge on any atom is -0.461 e. The molecule has 0 amide bonds. The molecule has 2 heterocycles. The minimum atomic E-state index is -4.07. The number of aromatic nitrogens is 1. The number of nitriles is 1. The summed E-state index contributed by atoms with van der Waals surface area (Å²) in [6.45, 7) is 7.77. The molecule has 1 fully saturated rings. The summed E-state index contributed by atoms with van der Waals surface area (Å²) in [5.41, 5.74) is 1.40. The average Bonchev–Trinajstić information content (AvgIpc) is 2.95. The number of esters is 1. The first-order chi connectivity index (χ1) is 20.3. The van der Waals surface area contributed by atoms with E-state index >= 15 is 0 Å². The predicted octanol–water partition coefficient (Wildman–Crippen LogP) is 6.18. The third-order valence-corrected chi connectivity index (χ3v) is 9.07. The van der Waals surface area contributed by atoms with Crippen LogP contribution in [-0.4, -0.2) is 31.3 Å². The zero-order chi connectivity index (χ0) is 31.4. The Bertz CT molecular complexity index is 1610. The summed E-state index contributed by atoms with van der Waals surface area (Å²) >= 11 is 0. The van der Waals surface area contributed by atoms with Crippen LogP contribution < -0.4 is 4.72 Å². The molecule has 1 N–H and O–H groups in total. The highest BCUT2D eigenvalue weighted by Gasteiger charge is 2.51. The van der Waals surface area contributed by atoms with Gasteiger partial charge in [-0.3, -0.25) is 14.3 Å². The Hall–Kier alpha value is -4.10. The van der Waals surface area contributed by atoms with E-state index in [0.717, 1.165) is 12.0 Å². The predicted molar refractivity (Wildman–Crippen MR) is 160 cm³/mol. The molecule has 4 atom stereocenters. The van der Waals surface area contributed by atoms with Crippen LogP contribution in [0.5, 0.6) is 0 Å². The summed E-state index contributed by atoms with van der Waals surface area (Å²) in [6, 6.07) is 17.3. The molecule has 0 bridgehead atoms. The lowest BCUT2D eigenvalue weighted by Crippen LogP contribution is -2.50. The Morgan fingerprint density at radius 3 is 2.40 bits per heavy atom. The molecule has 1 saturated heterocycles. The average molecular weight is 606 g/mol. The first kappa shape index (κ1) is 31.8. The second-order valence-electron chi connectivity index (χ2n) is 12.0. The van der Waals surface area contributed by atoms with Crippen molar-refractivity contribution in [2.75, 3.05) is 4.72 Å². The Morgan fingerprint density at radius 2 is 1.79 bits per heavy atom. The number of cyclic esters (lactones) is 1. The van der Waals surface area contributed by atoms with Gasteiger partial charge in [0, 0.05) is 17.8 Å². The van der Waals surface area contributed by atoms with Gasteiger partial charge >= 0.3 is 5.97 Å². The molecular weight excluding hydrogens is 569 g/mol. The summed E-state index contributed by atoms with van der Waals surface area (Å²) in [4.78, 5) is 31.6. The number of hydrogen-bond donors (Lipinski definition) is 1. The molecule has 10 heteroatoms. The highest BCUT2D eigenvalue weighted by Crippen LogP contribution is 2.46. The second kappa shape index (κ2) is 13.0. The fourth-order valence-electron chi connectivity index (χ4n) is 5.78. The second-order valence-corrected chi connectivity index (χ2v) is 13.6. The lowest BCUT2D eigenvalue weighted by atomic mass is 9.65. The maximum Gasteiger partial charge on any atom is 0.317 e. The van der Waals surface area contributed by atoms with Gasteiger partial charge in [0.25, 0.3) is 10.0 Å². The van der Waals surface area contributed by atoms with Gasteiger partial charge in [-0.05, 0) is 72.2 Å². The maximum absolute atomic E-state index is 14.2. The molecule has 1 aromatic heterocycles. The number of benzene rings is 2. The van der Waals surface area contributed by atoms with Crippen molar-refractivity contribution in [1.82, 2.24) is 4.98 Å². The monoisotopic (exact) mass is 605 g/mol. The first-order valence-corrected chi connectivity index (χ1v) is 15.8. The number of Topliss-reactive ketones (excluding diaryl/α,β-unsaturated/α-hetero) is 1. The van der Waals surface area contributed by atoms with Gasteiger partial charge in [-0.2, -0.15) is 13.7 Å².